The second-order valence-electron chi connectivity index (χ2n) is 15.1. The first kappa shape index (κ1) is 31.2. The molecule has 0 N–H and O–H groups in total. The van der Waals surface area contributed by atoms with Crippen LogP contribution in [0.2, 0.25) is 0 Å². The second kappa shape index (κ2) is 11.9. The molecule has 56 heavy (non-hydrogen) atoms. The van der Waals surface area contributed by atoms with Gasteiger partial charge in [0, 0.05) is 10.8 Å². The van der Waals surface area contributed by atoms with Crippen molar-refractivity contribution in [1.29, 1.82) is 0 Å². The minimum absolute atomic E-state index is 0.469. The van der Waals surface area contributed by atoms with Gasteiger partial charge in [0.25, 0.3) is 0 Å². The number of hydrogen-bond acceptors (Lipinski definition) is 1. The van der Waals surface area contributed by atoms with Crippen molar-refractivity contribution in [3.05, 3.63) is 229 Å². The van der Waals surface area contributed by atoms with Crippen molar-refractivity contribution in [2.24, 2.45) is 0 Å². The van der Waals surface area contributed by atoms with E-state index in [0.29, 0.717) is 0 Å². The Labute approximate surface area is 324 Å². The average molecular weight is 711 g/mol. The van der Waals surface area contributed by atoms with Gasteiger partial charge in [-0.3, -0.25) is 0 Å². The SMILES string of the molecule is c1ccc(C2(c3ccccc3)c3ccccc3-c3ccc(-c4c5ccccc5c(-c5ccc6oc7ccc8ccccc8c7c6c5)c5ccccc45)cc32)cc1. The molecule has 0 amide bonds. The van der Waals surface area contributed by atoms with Crippen molar-refractivity contribution in [2.75, 3.05) is 0 Å². The summed E-state index contributed by atoms with van der Waals surface area (Å²) < 4.78 is 6.44. The van der Waals surface area contributed by atoms with Gasteiger partial charge in [-0.1, -0.05) is 182 Å². The normalized spacial score (nSPS) is 13.1. The quantitative estimate of drug-likeness (QED) is 0.166. The lowest BCUT2D eigenvalue weighted by Gasteiger charge is -2.34. The fourth-order valence-electron chi connectivity index (χ4n) is 10.1. The van der Waals surface area contributed by atoms with Crippen LogP contribution in [0.25, 0.3) is 87.6 Å². The van der Waals surface area contributed by atoms with Gasteiger partial charge >= 0.3 is 0 Å². The summed E-state index contributed by atoms with van der Waals surface area (Å²) in [6, 6.07) is 75.9. The van der Waals surface area contributed by atoms with Crippen molar-refractivity contribution in [2.45, 2.75) is 5.41 Å². The van der Waals surface area contributed by atoms with Crippen molar-refractivity contribution in [3.8, 4) is 33.4 Å². The van der Waals surface area contributed by atoms with Crippen molar-refractivity contribution < 1.29 is 4.42 Å². The molecule has 1 aliphatic rings. The van der Waals surface area contributed by atoms with Crippen LogP contribution in [0, 0.1) is 0 Å². The molecule has 0 spiro atoms. The van der Waals surface area contributed by atoms with E-state index in [4.69, 9.17) is 4.42 Å². The second-order valence-corrected chi connectivity index (χ2v) is 15.1. The zero-order valence-electron chi connectivity index (χ0n) is 30.5. The summed E-state index contributed by atoms with van der Waals surface area (Å²) in [5.74, 6) is 0. The minimum atomic E-state index is -0.469. The Hall–Kier alpha value is -7.22. The molecule has 1 nitrogen and oxygen atoms in total. The van der Waals surface area contributed by atoms with E-state index >= 15 is 0 Å². The fraction of sp³-hybridized carbons (Fsp3) is 0.0182. The minimum Gasteiger partial charge on any atom is -0.456 e. The Morgan fingerprint density at radius 3 is 1.48 bits per heavy atom. The van der Waals surface area contributed by atoms with Crippen LogP contribution in [-0.2, 0) is 5.41 Å². The number of rotatable bonds is 4. The van der Waals surface area contributed by atoms with Crippen LogP contribution in [0.15, 0.2) is 211 Å². The van der Waals surface area contributed by atoms with Gasteiger partial charge in [0.05, 0.1) is 5.41 Å². The van der Waals surface area contributed by atoms with Gasteiger partial charge in [-0.05, 0) is 112 Å². The van der Waals surface area contributed by atoms with Gasteiger partial charge in [0.15, 0.2) is 0 Å². The number of furan rings is 1. The number of hydrogen-bond donors (Lipinski definition) is 0. The van der Waals surface area contributed by atoms with Gasteiger partial charge in [0.1, 0.15) is 11.2 Å². The highest BCUT2D eigenvalue weighted by atomic mass is 16.3. The summed E-state index contributed by atoms with van der Waals surface area (Å²) >= 11 is 0. The summed E-state index contributed by atoms with van der Waals surface area (Å²) in [6.07, 6.45) is 0. The third-order valence-corrected chi connectivity index (χ3v) is 12.3. The summed E-state index contributed by atoms with van der Waals surface area (Å²) in [5, 5.41) is 9.70. The molecule has 0 unspecified atom stereocenters. The van der Waals surface area contributed by atoms with Crippen molar-refractivity contribution >= 4 is 54.3 Å². The maximum Gasteiger partial charge on any atom is 0.136 e. The van der Waals surface area contributed by atoms with Crippen molar-refractivity contribution in [3.63, 3.8) is 0 Å². The average Bonchev–Trinajstić information content (AvgIpc) is 3.79. The van der Waals surface area contributed by atoms with E-state index in [-0.39, 0.29) is 0 Å². The van der Waals surface area contributed by atoms with Gasteiger partial charge < -0.3 is 4.42 Å². The maximum atomic E-state index is 6.44. The van der Waals surface area contributed by atoms with Gasteiger partial charge in [-0.15, -0.1) is 0 Å². The van der Waals surface area contributed by atoms with Gasteiger partial charge in [-0.25, -0.2) is 0 Å². The lowest BCUT2D eigenvalue weighted by molar-refractivity contribution is 0.669. The molecule has 260 valence electrons. The highest BCUT2D eigenvalue weighted by Crippen LogP contribution is 2.57. The summed E-state index contributed by atoms with van der Waals surface area (Å²) in [4.78, 5) is 0. The molecule has 0 fully saturated rings. The van der Waals surface area contributed by atoms with Crippen LogP contribution in [0.1, 0.15) is 22.3 Å². The molecule has 0 aliphatic heterocycles. The smallest absolute Gasteiger partial charge is 0.136 e. The maximum absolute atomic E-state index is 6.44. The van der Waals surface area contributed by atoms with E-state index in [1.165, 1.54) is 93.3 Å². The topological polar surface area (TPSA) is 13.1 Å². The van der Waals surface area contributed by atoms with Gasteiger partial charge in [0.2, 0.25) is 0 Å². The van der Waals surface area contributed by atoms with E-state index in [9.17, 15) is 0 Å². The lowest BCUT2D eigenvalue weighted by Crippen LogP contribution is -2.28. The first-order valence-corrected chi connectivity index (χ1v) is 19.4. The predicted molar refractivity (Wildman–Crippen MR) is 234 cm³/mol. The molecule has 11 aromatic rings. The number of fused-ring (bicyclic) bond motifs is 10. The lowest BCUT2D eigenvalue weighted by atomic mass is 9.67. The zero-order valence-corrected chi connectivity index (χ0v) is 30.5. The highest BCUT2D eigenvalue weighted by Gasteiger charge is 2.46. The van der Waals surface area contributed by atoms with E-state index in [0.717, 1.165) is 16.6 Å². The monoisotopic (exact) mass is 710 g/mol. The Morgan fingerprint density at radius 1 is 0.321 bits per heavy atom. The molecule has 0 bridgehead atoms. The molecule has 10 aromatic carbocycles. The molecule has 1 heteroatoms. The Bertz CT molecular complexity index is 3250. The standard InChI is InChI=1S/C55H34O/c1-3-16-38(17-4-1)55(39-18-5-2-6-19-39)48-26-14-13-21-41(48)42-30-27-37(34-49(42)55)53-45-24-11-9-22-43(45)52(44-23-10-12-25-46(44)53)36-29-31-50-47(33-36)54-40-20-8-7-15-35(40)28-32-51(54)56-50/h1-34H. The first-order valence-electron chi connectivity index (χ1n) is 19.4. The molecule has 0 radical (unpaired) electrons. The van der Waals surface area contributed by atoms with Crippen LogP contribution in [-0.4, -0.2) is 0 Å². The predicted octanol–water partition coefficient (Wildman–Crippen LogP) is 14.7. The van der Waals surface area contributed by atoms with Gasteiger partial charge in [-0.2, -0.15) is 0 Å². The van der Waals surface area contributed by atoms with E-state index < -0.39 is 5.41 Å². The zero-order chi connectivity index (χ0) is 36.8. The molecular weight excluding hydrogens is 677 g/mol. The molecule has 1 aromatic heterocycles. The molecule has 0 saturated heterocycles. The first-order chi connectivity index (χ1) is 27.8. The Morgan fingerprint density at radius 2 is 0.821 bits per heavy atom. The van der Waals surface area contributed by atoms with E-state index in [2.05, 4.69) is 206 Å². The Balaban J connectivity index is 1.15. The van der Waals surface area contributed by atoms with Crippen LogP contribution in [0.3, 0.4) is 0 Å². The van der Waals surface area contributed by atoms with Crippen LogP contribution in [0.4, 0.5) is 0 Å². The molecule has 1 aliphatic carbocycles. The third-order valence-electron chi connectivity index (χ3n) is 12.3. The Kier molecular flexibility index (Phi) is 6.62. The summed E-state index contributed by atoms with van der Waals surface area (Å²) in [6.45, 7) is 0. The molecule has 1 heterocycles. The van der Waals surface area contributed by atoms with E-state index in [1.54, 1.807) is 0 Å². The van der Waals surface area contributed by atoms with Crippen LogP contribution >= 0.6 is 0 Å². The molecule has 0 saturated carbocycles. The third kappa shape index (κ3) is 4.26. The number of benzene rings is 10. The van der Waals surface area contributed by atoms with E-state index in [1.807, 2.05) is 0 Å². The van der Waals surface area contributed by atoms with Crippen LogP contribution < -0.4 is 0 Å². The largest absolute Gasteiger partial charge is 0.456 e. The van der Waals surface area contributed by atoms with Crippen molar-refractivity contribution in [1.82, 2.24) is 0 Å². The highest BCUT2D eigenvalue weighted by molar-refractivity contribution is 6.24. The summed E-state index contributed by atoms with van der Waals surface area (Å²) in [7, 11) is 0. The molecular formula is C55H34O. The fourth-order valence-corrected chi connectivity index (χ4v) is 10.1. The molecule has 0 atom stereocenters. The summed E-state index contributed by atoms with van der Waals surface area (Å²) in [5.41, 5.74) is 14.0. The molecule has 12 rings (SSSR count). The van der Waals surface area contributed by atoms with Crippen LogP contribution in [0.5, 0.6) is 0 Å².